The van der Waals surface area contributed by atoms with Crippen LogP contribution in [0.4, 0.5) is 0 Å². The van der Waals surface area contributed by atoms with Gasteiger partial charge in [-0.2, -0.15) is 0 Å². The van der Waals surface area contributed by atoms with Crippen LogP contribution in [0.25, 0.3) is 0 Å². The van der Waals surface area contributed by atoms with Crippen molar-refractivity contribution in [1.82, 2.24) is 4.90 Å². The predicted molar refractivity (Wildman–Crippen MR) is 43.5 cm³/mol. The first-order chi connectivity index (χ1) is 5.15. The minimum atomic E-state index is -0.250. The molecule has 1 aliphatic rings. The highest BCUT2D eigenvalue weighted by Crippen LogP contribution is 2.20. The van der Waals surface area contributed by atoms with Gasteiger partial charge in [-0.25, -0.2) is 0 Å². The van der Waals surface area contributed by atoms with Crippen LogP contribution in [0.1, 0.15) is 13.3 Å². The highest BCUT2D eigenvalue weighted by molar-refractivity contribution is 4.86. The normalized spacial score (nSPS) is 36.0. The van der Waals surface area contributed by atoms with Gasteiger partial charge in [-0.3, -0.25) is 4.90 Å². The van der Waals surface area contributed by atoms with Crippen LogP contribution < -0.4 is 0 Å². The highest BCUT2D eigenvalue weighted by Gasteiger charge is 2.31. The molecule has 1 heterocycles. The van der Waals surface area contributed by atoms with Gasteiger partial charge in [0, 0.05) is 19.7 Å². The molecule has 0 aliphatic carbocycles. The first kappa shape index (κ1) is 8.97. The lowest BCUT2D eigenvalue weighted by atomic mass is 10.1. The molecule has 0 aromatic carbocycles. The van der Waals surface area contributed by atoms with E-state index in [1.54, 1.807) is 7.11 Å². The third-order valence-corrected chi connectivity index (χ3v) is 2.45. The van der Waals surface area contributed by atoms with Crippen molar-refractivity contribution < 1.29 is 9.84 Å². The molecule has 0 aromatic heterocycles. The Bertz CT molecular complexity index is 127. The Morgan fingerprint density at radius 2 is 2.27 bits per heavy atom. The summed E-state index contributed by atoms with van der Waals surface area (Å²) in [6, 6.07) is 0.278. The zero-order valence-corrected chi connectivity index (χ0v) is 7.45. The topological polar surface area (TPSA) is 32.7 Å². The summed E-state index contributed by atoms with van der Waals surface area (Å²) in [6.07, 6.45) is 1.00. The number of aliphatic hydroxyl groups is 1. The summed E-state index contributed by atoms with van der Waals surface area (Å²) in [4.78, 5) is 2.15. The molecular weight excluding hydrogens is 142 g/mol. The van der Waals surface area contributed by atoms with Gasteiger partial charge in [0.25, 0.3) is 0 Å². The number of hydrogen-bond acceptors (Lipinski definition) is 3. The molecule has 66 valence electrons. The number of likely N-dealkylation sites (tertiary alicyclic amines) is 1. The Hall–Kier alpha value is -0.120. The van der Waals surface area contributed by atoms with E-state index in [0.717, 1.165) is 13.0 Å². The van der Waals surface area contributed by atoms with E-state index < -0.39 is 0 Å². The van der Waals surface area contributed by atoms with Crippen molar-refractivity contribution in [3.05, 3.63) is 0 Å². The molecule has 0 bridgehead atoms. The van der Waals surface area contributed by atoms with Gasteiger partial charge in [-0.1, -0.05) is 0 Å². The molecule has 1 fully saturated rings. The molecule has 3 atom stereocenters. The molecule has 0 spiro atoms. The maximum atomic E-state index is 9.34. The van der Waals surface area contributed by atoms with Gasteiger partial charge in [0.2, 0.25) is 0 Å². The monoisotopic (exact) mass is 159 g/mol. The molecule has 1 saturated heterocycles. The molecule has 0 saturated carbocycles. The summed E-state index contributed by atoms with van der Waals surface area (Å²) in [7, 11) is 3.75. The van der Waals surface area contributed by atoms with Crippen molar-refractivity contribution in [1.29, 1.82) is 0 Å². The van der Waals surface area contributed by atoms with E-state index in [2.05, 4.69) is 4.90 Å². The van der Waals surface area contributed by atoms with Gasteiger partial charge < -0.3 is 9.84 Å². The van der Waals surface area contributed by atoms with Crippen LogP contribution >= 0.6 is 0 Å². The van der Waals surface area contributed by atoms with Crippen LogP contribution in [0, 0.1) is 0 Å². The van der Waals surface area contributed by atoms with Crippen molar-refractivity contribution in [2.45, 2.75) is 31.6 Å². The van der Waals surface area contributed by atoms with Crippen molar-refractivity contribution >= 4 is 0 Å². The van der Waals surface area contributed by atoms with E-state index in [4.69, 9.17) is 4.74 Å². The van der Waals surface area contributed by atoms with Crippen LogP contribution in [0.15, 0.2) is 0 Å². The average Bonchev–Trinajstić information content (AvgIpc) is 2.30. The fourth-order valence-electron chi connectivity index (χ4n) is 1.72. The van der Waals surface area contributed by atoms with E-state index in [0.29, 0.717) is 6.10 Å². The average molecular weight is 159 g/mol. The highest BCUT2D eigenvalue weighted by atomic mass is 16.5. The number of rotatable bonds is 2. The second-order valence-electron chi connectivity index (χ2n) is 3.34. The second-order valence-corrected chi connectivity index (χ2v) is 3.34. The van der Waals surface area contributed by atoms with Gasteiger partial charge in [-0.15, -0.1) is 0 Å². The van der Waals surface area contributed by atoms with Gasteiger partial charge in [-0.05, 0) is 20.4 Å². The molecule has 1 N–H and O–H groups in total. The van der Waals surface area contributed by atoms with E-state index in [1.807, 2.05) is 14.0 Å². The molecule has 11 heavy (non-hydrogen) atoms. The molecule has 3 nitrogen and oxygen atoms in total. The zero-order valence-electron chi connectivity index (χ0n) is 7.45. The Morgan fingerprint density at radius 1 is 1.64 bits per heavy atom. The van der Waals surface area contributed by atoms with Gasteiger partial charge in [0.05, 0.1) is 12.2 Å². The van der Waals surface area contributed by atoms with E-state index in [-0.39, 0.29) is 12.1 Å². The third kappa shape index (κ3) is 1.92. The lowest BCUT2D eigenvalue weighted by molar-refractivity contribution is 0.0979. The summed E-state index contributed by atoms with van der Waals surface area (Å²) < 4.78 is 5.21. The fraction of sp³-hybridized carbons (Fsp3) is 1.00. The largest absolute Gasteiger partial charge is 0.392 e. The molecule has 0 aromatic rings. The molecule has 1 rings (SSSR count). The SMILES string of the molecule is CO[C@@H]1C[C@@H](C(C)O)N(C)C1. The summed E-state index contributed by atoms with van der Waals surface area (Å²) >= 11 is 0. The summed E-state index contributed by atoms with van der Waals surface area (Å²) in [5.41, 5.74) is 0. The van der Waals surface area contributed by atoms with Crippen LogP contribution in [-0.2, 0) is 4.74 Å². The van der Waals surface area contributed by atoms with E-state index in [1.165, 1.54) is 0 Å². The van der Waals surface area contributed by atoms with Crippen molar-refractivity contribution in [3.63, 3.8) is 0 Å². The van der Waals surface area contributed by atoms with Crippen LogP contribution in [0.3, 0.4) is 0 Å². The number of ether oxygens (including phenoxy) is 1. The first-order valence-corrected chi connectivity index (χ1v) is 4.06. The Balaban J connectivity index is 2.45. The quantitative estimate of drug-likeness (QED) is 0.619. The molecule has 1 aliphatic heterocycles. The number of likely N-dealkylation sites (N-methyl/N-ethyl adjacent to an activating group) is 1. The first-order valence-electron chi connectivity index (χ1n) is 4.06. The number of aliphatic hydroxyl groups excluding tert-OH is 1. The molecular formula is C8H17NO2. The lowest BCUT2D eigenvalue weighted by Gasteiger charge is -2.21. The third-order valence-electron chi connectivity index (χ3n) is 2.45. The van der Waals surface area contributed by atoms with Crippen LogP contribution in [0.5, 0.6) is 0 Å². The van der Waals surface area contributed by atoms with Gasteiger partial charge in [0.15, 0.2) is 0 Å². The summed E-state index contributed by atoms with van der Waals surface area (Å²) in [5, 5.41) is 9.34. The van der Waals surface area contributed by atoms with Crippen LogP contribution in [-0.4, -0.2) is 49.0 Å². The standard InChI is InChI=1S/C8H17NO2/c1-6(10)8-4-7(11-3)5-9(8)2/h6-8,10H,4-5H2,1-3H3/t6?,7-,8+/m1/s1. The number of hydrogen-bond donors (Lipinski definition) is 1. The molecule has 0 amide bonds. The Morgan fingerprint density at radius 3 is 2.55 bits per heavy atom. The van der Waals surface area contributed by atoms with E-state index in [9.17, 15) is 5.11 Å². The Kier molecular flexibility index (Phi) is 2.87. The smallest absolute Gasteiger partial charge is 0.0714 e. The van der Waals surface area contributed by atoms with Crippen molar-refractivity contribution in [3.8, 4) is 0 Å². The number of methoxy groups -OCH3 is 1. The maximum Gasteiger partial charge on any atom is 0.0714 e. The lowest BCUT2D eigenvalue weighted by Crippen LogP contribution is -2.34. The molecule has 1 unspecified atom stereocenters. The Labute approximate surface area is 68.0 Å². The van der Waals surface area contributed by atoms with Crippen molar-refractivity contribution in [2.24, 2.45) is 0 Å². The van der Waals surface area contributed by atoms with Crippen molar-refractivity contribution in [2.75, 3.05) is 20.7 Å². The predicted octanol–water partition coefficient (Wildman–Crippen LogP) is 0.0863. The minimum Gasteiger partial charge on any atom is -0.392 e. The zero-order chi connectivity index (χ0) is 8.43. The fourth-order valence-corrected chi connectivity index (χ4v) is 1.72. The van der Waals surface area contributed by atoms with Gasteiger partial charge in [0.1, 0.15) is 0 Å². The number of nitrogens with zero attached hydrogens (tertiary/aromatic N) is 1. The summed E-state index contributed by atoms with van der Waals surface area (Å²) in [5.74, 6) is 0. The second kappa shape index (κ2) is 3.52. The van der Waals surface area contributed by atoms with Crippen LogP contribution in [0.2, 0.25) is 0 Å². The molecule has 0 radical (unpaired) electrons. The maximum absolute atomic E-state index is 9.34. The molecule has 3 heteroatoms. The summed E-state index contributed by atoms with van der Waals surface area (Å²) in [6.45, 7) is 2.77. The van der Waals surface area contributed by atoms with Gasteiger partial charge >= 0.3 is 0 Å². The van der Waals surface area contributed by atoms with E-state index >= 15 is 0 Å². The minimum absolute atomic E-state index is 0.250.